The highest BCUT2D eigenvalue weighted by atomic mass is 16.3. The maximum atomic E-state index is 6.74. The lowest BCUT2D eigenvalue weighted by molar-refractivity contribution is 0.669. The van der Waals surface area contributed by atoms with Crippen molar-refractivity contribution in [3.8, 4) is 0 Å². The summed E-state index contributed by atoms with van der Waals surface area (Å²) >= 11 is 0. The summed E-state index contributed by atoms with van der Waals surface area (Å²) in [7, 11) is 0. The molecule has 2 heterocycles. The lowest BCUT2D eigenvalue weighted by Gasteiger charge is -2.30. The average Bonchev–Trinajstić information content (AvgIpc) is 3.87. The molecule has 0 aliphatic carbocycles. The Balaban J connectivity index is 1.19. The molecule has 12 aromatic rings. The highest BCUT2D eigenvalue weighted by Gasteiger charge is 2.26. The SMILES string of the molecule is Cc1ccc2c(c1)c(N(c1ccccc1)c1cccc3c1oc1ccccc13)cc1c3ccc(C)cc3c(N(c3ccccc3)c3cccc4c3oc3ccccc34)cc21. The van der Waals surface area contributed by atoms with Crippen LogP contribution in [0.2, 0.25) is 0 Å². The van der Waals surface area contributed by atoms with Crippen molar-refractivity contribution in [2.24, 2.45) is 0 Å². The van der Waals surface area contributed by atoms with Gasteiger partial charge in [0.15, 0.2) is 11.2 Å². The first-order valence-electron chi connectivity index (χ1n) is 20.5. The smallest absolute Gasteiger partial charge is 0.159 e. The highest BCUT2D eigenvalue weighted by molar-refractivity contribution is 6.25. The van der Waals surface area contributed by atoms with Gasteiger partial charge in [-0.05, 0) is 108 Å². The third kappa shape index (κ3) is 5.24. The number of rotatable bonds is 6. The van der Waals surface area contributed by atoms with Gasteiger partial charge in [-0.15, -0.1) is 0 Å². The summed E-state index contributed by atoms with van der Waals surface area (Å²) in [6.45, 7) is 4.36. The number of hydrogen-bond donors (Lipinski definition) is 0. The molecule has 10 aromatic carbocycles. The van der Waals surface area contributed by atoms with E-state index in [1.54, 1.807) is 0 Å². The van der Waals surface area contributed by atoms with E-state index in [4.69, 9.17) is 8.83 Å². The largest absolute Gasteiger partial charge is 0.454 e. The van der Waals surface area contributed by atoms with Crippen LogP contribution in [0.4, 0.5) is 34.1 Å². The van der Waals surface area contributed by atoms with Crippen LogP contribution in [0.25, 0.3) is 76.2 Å². The molecule has 0 atom stereocenters. The van der Waals surface area contributed by atoms with Gasteiger partial charge in [-0.2, -0.15) is 0 Å². The molecule has 4 heteroatoms. The fraction of sp³-hybridized carbons (Fsp3) is 0.0357. The van der Waals surface area contributed by atoms with E-state index in [2.05, 4.69) is 206 Å². The number of furan rings is 2. The minimum atomic E-state index is 0.859. The molecule has 0 unspecified atom stereocenters. The molecule has 0 radical (unpaired) electrons. The van der Waals surface area contributed by atoms with E-state index in [1.165, 1.54) is 32.7 Å². The molecule has 60 heavy (non-hydrogen) atoms. The maximum absolute atomic E-state index is 6.74. The second-order valence-corrected chi connectivity index (χ2v) is 15.8. The van der Waals surface area contributed by atoms with Crippen LogP contribution in [0.5, 0.6) is 0 Å². The number of aryl methyl sites for hydroxylation is 2. The van der Waals surface area contributed by atoms with Crippen LogP contribution in [0.15, 0.2) is 203 Å². The minimum absolute atomic E-state index is 0.859. The normalized spacial score (nSPS) is 11.8. The molecule has 4 nitrogen and oxygen atoms in total. The topological polar surface area (TPSA) is 32.8 Å². The monoisotopic (exact) mass is 770 g/mol. The molecule has 12 rings (SSSR count). The zero-order chi connectivity index (χ0) is 39.9. The van der Waals surface area contributed by atoms with E-state index >= 15 is 0 Å². The van der Waals surface area contributed by atoms with Gasteiger partial charge in [-0.1, -0.05) is 132 Å². The highest BCUT2D eigenvalue weighted by Crippen LogP contribution is 2.50. The van der Waals surface area contributed by atoms with Crippen LogP contribution in [0.3, 0.4) is 0 Å². The van der Waals surface area contributed by atoms with Gasteiger partial charge in [0.05, 0.1) is 22.7 Å². The molecule has 0 aliphatic rings. The Kier molecular flexibility index (Phi) is 7.63. The molecule has 284 valence electrons. The van der Waals surface area contributed by atoms with E-state index < -0.39 is 0 Å². The van der Waals surface area contributed by atoms with Gasteiger partial charge in [0, 0.05) is 43.7 Å². The van der Waals surface area contributed by atoms with Gasteiger partial charge in [0.25, 0.3) is 0 Å². The first-order valence-corrected chi connectivity index (χ1v) is 20.5. The quantitative estimate of drug-likeness (QED) is 0.158. The number of nitrogens with zero attached hydrogens (tertiary/aromatic N) is 2. The van der Waals surface area contributed by atoms with Crippen molar-refractivity contribution in [1.82, 2.24) is 0 Å². The van der Waals surface area contributed by atoms with Gasteiger partial charge in [0.2, 0.25) is 0 Å². The van der Waals surface area contributed by atoms with Crippen molar-refractivity contribution in [1.29, 1.82) is 0 Å². The Morgan fingerprint density at radius 1 is 0.283 bits per heavy atom. The van der Waals surface area contributed by atoms with Crippen molar-refractivity contribution >= 4 is 110 Å². The van der Waals surface area contributed by atoms with E-state index in [0.29, 0.717) is 0 Å². The van der Waals surface area contributed by atoms with E-state index in [9.17, 15) is 0 Å². The zero-order valence-corrected chi connectivity index (χ0v) is 33.2. The molecule has 2 aromatic heterocycles. The summed E-state index contributed by atoms with van der Waals surface area (Å²) in [5.74, 6) is 0. The van der Waals surface area contributed by atoms with Crippen molar-refractivity contribution in [2.75, 3.05) is 9.80 Å². The molecule has 0 N–H and O–H groups in total. The van der Waals surface area contributed by atoms with Crippen LogP contribution in [0, 0.1) is 13.8 Å². The van der Waals surface area contributed by atoms with E-state index in [-0.39, 0.29) is 0 Å². The maximum Gasteiger partial charge on any atom is 0.159 e. The summed E-state index contributed by atoms with van der Waals surface area (Å²) in [6.07, 6.45) is 0. The zero-order valence-electron chi connectivity index (χ0n) is 33.2. The second kappa shape index (κ2) is 13.4. The van der Waals surface area contributed by atoms with Crippen LogP contribution in [-0.2, 0) is 0 Å². The Morgan fingerprint density at radius 2 is 0.683 bits per heavy atom. The molecule has 0 fully saturated rings. The van der Waals surface area contributed by atoms with Gasteiger partial charge >= 0.3 is 0 Å². The standard InChI is InChI=1S/C56H38N2O2/c1-35-27-29-39-45-34-52(58(38-17-7-4-8-18-38)50-24-14-22-44-42-20-10-12-26-54(42)60-56(44)50)48-32-36(2)28-30-40(48)46(45)33-51(47(39)31-35)57(37-15-5-3-6-16-37)49-23-13-21-43-41-19-9-11-25-53(41)59-55(43)49/h3-34H,1-2H3. The molecule has 0 saturated carbocycles. The average molecular weight is 771 g/mol. The molecule has 0 spiro atoms. The Morgan fingerprint density at radius 3 is 1.13 bits per heavy atom. The summed E-state index contributed by atoms with van der Waals surface area (Å²) in [6, 6.07) is 69.5. The van der Waals surface area contributed by atoms with Crippen LogP contribution in [0.1, 0.15) is 11.1 Å². The van der Waals surface area contributed by atoms with Gasteiger partial charge < -0.3 is 18.6 Å². The van der Waals surface area contributed by atoms with Crippen LogP contribution >= 0.6 is 0 Å². The fourth-order valence-electron chi connectivity index (χ4n) is 9.40. The van der Waals surface area contributed by atoms with Gasteiger partial charge in [-0.25, -0.2) is 0 Å². The van der Waals surface area contributed by atoms with Crippen molar-refractivity contribution in [3.05, 3.63) is 205 Å². The first-order chi connectivity index (χ1) is 29.6. The molecule has 0 bridgehead atoms. The van der Waals surface area contributed by atoms with Crippen LogP contribution < -0.4 is 9.80 Å². The number of para-hydroxylation sites is 6. The summed E-state index contributed by atoms with van der Waals surface area (Å²) in [4.78, 5) is 4.77. The third-order valence-corrected chi connectivity index (χ3v) is 12.1. The van der Waals surface area contributed by atoms with Crippen molar-refractivity contribution < 1.29 is 8.83 Å². The number of hydrogen-bond acceptors (Lipinski definition) is 4. The Bertz CT molecular complexity index is 3400. The predicted octanol–water partition coefficient (Wildman–Crippen LogP) is 16.5. The van der Waals surface area contributed by atoms with Gasteiger partial charge in [-0.3, -0.25) is 0 Å². The van der Waals surface area contributed by atoms with E-state index in [1.807, 2.05) is 12.1 Å². The predicted molar refractivity (Wildman–Crippen MR) is 252 cm³/mol. The lowest BCUT2D eigenvalue weighted by Crippen LogP contribution is -2.12. The van der Waals surface area contributed by atoms with E-state index in [0.717, 1.165) is 88.8 Å². The summed E-state index contributed by atoms with van der Waals surface area (Å²) in [5, 5.41) is 11.4. The third-order valence-electron chi connectivity index (χ3n) is 12.1. The van der Waals surface area contributed by atoms with Crippen molar-refractivity contribution in [3.63, 3.8) is 0 Å². The lowest BCUT2D eigenvalue weighted by atomic mass is 9.92. The number of fused-ring (bicyclic) bond motifs is 11. The van der Waals surface area contributed by atoms with Gasteiger partial charge in [0.1, 0.15) is 11.2 Å². The molecule has 0 amide bonds. The molecular formula is C56H38N2O2. The fourth-order valence-corrected chi connectivity index (χ4v) is 9.40. The number of anilines is 6. The Hall–Kier alpha value is -7.82. The minimum Gasteiger partial charge on any atom is -0.454 e. The van der Waals surface area contributed by atoms with Crippen molar-refractivity contribution in [2.45, 2.75) is 13.8 Å². The number of benzene rings is 10. The molecule has 0 saturated heterocycles. The molecular weight excluding hydrogens is 733 g/mol. The molecule has 0 aliphatic heterocycles. The summed E-state index contributed by atoms with van der Waals surface area (Å²) < 4.78 is 13.5. The first kappa shape index (κ1) is 34.2. The second-order valence-electron chi connectivity index (χ2n) is 15.8. The van der Waals surface area contributed by atoms with Crippen LogP contribution in [-0.4, -0.2) is 0 Å². The Labute approximate surface area is 346 Å². The summed E-state index contributed by atoms with van der Waals surface area (Å²) in [5.41, 5.74) is 12.1.